The number of ketones is 1. The van der Waals surface area contributed by atoms with Crippen LogP contribution in [0.15, 0.2) is 84.6 Å². The fraction of sp³-hybridized carbons (Fsp3) is 0.548. The number of benzene rings is 6. The van der Waals surface area contributed by atoms with Crippen molar-refractivity contribution in [3.63, 3.8) is 0 Å². The number of ether oxygens (including phenoxy) is 17. The number of aliphatic hydroxyl groups excluding tert-OH is 2. The number of carbonyl (C=O) groups is 8. The fourth-order valence-corrected chi connectivity index (χ4v) is 15.2. The van der Waals surface area contributed by atoms with Gasteiger partial charge in [-0.2, -0.15) is 18.8 Å². The number of carboxylic acid groups (broad SMARTS) is 2. The van der Waals surface area contributed by atoms with Crippen molar-refractivity contribution in [3.8, 4) is 75.1 Å². The average Bonchev–Trinajstić information content (AvgIpc) is 1.73. The number of allylic oxidation sites excluding steroid dienone is 1. The van der Waals surface area contributed by atoms with Crippen molar-refractivity contribution >= 4 is 177 Å². The van der Waals surface area contributed by atoms with Gasteiger partial charge >= 0.3 is 41.8 Å². The quantitative estimate of drug-likeness (QED) is 0.00444. The monoisotopic (exact) mass is 2310 g/mol. The molecule has 0 fully saturated rings. The standard InChI is InChI=1S/3C18H25Cl2NO4.C18H23Cl2NO4.C15H17ClO5.C9H6ClNO2.C4H6O6.4CH4.H2S/c4*1-18(2,3)25-17(22)9-13(21-6-4-5-19)7-12-8-15-16(10-14(12)20)24-11-23-15;1-15(2,3)21-14(18)6-10(17)4-9-5-12-13(7-11(9)16)20-8-19-12;10-7-4-9-8(12-5-13-9)3-6(7)1-2-11;5-1(3(7)8)2(6)4(9)10;;;;;/h3*8,10,13,21H,4-7,9,11H2,1-3H3;8-10,21H,4-7,11H2,1-3H3;5,7H,4,6,8H2,1-3H3;3-4H,1,5H2;1-2,5-6H,(H,7,8)(H,9,10);4*1H4;1H2/b;;;13-9-;;;;;;;;/t2*13-;;;;;1-,2-;;;;;/m11....1...../s1. The van der Waals surface area contributed by atoms with Gasteiger partial charge in [0.2, 0.25) is 40.8 Å². The highest BCUT2D eigenvalue weighted by atomic mass is 35.5. The number of hydrogen-bond acceptors (Lipinski definition) is 32. The summed E-state index contributed by atoms with van der Waals surface area (Å²) < 4.78 is 90.4. The van der Waals surface area contributed by atoms with Crippen LogP contribution in [-0.2, 0) is 101 Å². The number of halogens is 10. The number of nitrogens with zero attached hydrogens (tertiary/aromatic N) is 1. The molecule has 0 saturated carbocycles. The van der Waals surface area contributed by atoms with E-state index in [1.165, 1.54) is 6.08 Å². The maximum absolute atomic E-state index is 12.2. The largest absolute Gasteiger partial charge is 0.479 e. The predicted molar refractivity (Wildman–Crippen MR) is 583 cm³/mol. The molecule has 0 spiro atoms. The molecule has 34 nitrogen and oxygen atoms in total. The highest BCUT2D eigenvalue weighted by Gasteiger charge is 2.33. The number of rotatable bonds is 39. The molecule has 6 aromatic rings. The zero-order valence-electron chi connectivity index (χ0n) is 83.4. The summed E-state index contributed by atoms with van der Waals surface area (Å²) in [5.41, 5.74) is 2.95. The molecule has 0 saturated heterocycles. The number of aliphatic hydroxyl groups is 2. The lowest BCUT2D eigenvalue weighted by Crippen LogP contribution is -2.39. The Kier molecular flexibility index (Phi) is 62.5. The summed E-state index contributed by atoms with van der Waals surface area (Å²) in [6, 6.07) is 22.9. The SMILES string of the molecule is C.C.C.C.CC(C)(C)OC(=O)/C=C(/Cc1cc2c(cc1Cl)OCO2)NCCCCl.CC(C)(C)OC(=O)CC(=O)Cc1cc2c(cc1Cl)OCO2.CC(C)(C)OC(=O)CC(Cc1cc2c(cc1Cl)OCO2)NCCCCl.CC(C)(C)OC(=O)C[C@@H](Cc1cc2c(cc1Cl)OCO2)NCCCCl.CC(C)(C)OC(=O)C[C@@H](Cc1cc2c(cc1Cl)OCO2)NCCCCl.N#CCc1cc2c(cc1Cl)OCO2.O=C(O)[C@H](O)[C@@H](O)C(=O)O.S. The van der Waals surface area contributed by atoms with Gasteiger partial charge in [0.05, 0.1) is 31.8 Å². The molecule has 149 heavy (non-hydrogen) atoms. The summed E-state index contributed by atoms with van der Waals surface area (Å²) in [4.78, 5) is 91.8. The lowest BCUT2D eigenvalue weighted by atomic mass is 10.0. The summed E-state index contributed by atoms with van der Waals surface area (Å²) >= 11 is 60.3. The van der Waals surface area contributed by atoms with Gasteiger partial charge in [0.25, 0.3) is 0 Å². The normalized spacial score (nSPS) is 13.6. The Hall–Kier alpha value is -9.04. The minimum absolute atomic E-state index is 0. The van der Waals surface area contributed by atoms with Crippen molar-refractivity contribution in [2.45, 2.75) is 282 Å². The first kappa shape index (κ1) is 138. The van der Waals surface area contributed by atoms with E-state index in [1.807, 2.05) is 113 Å². The molecule has 5 atom stereocenters. The minimum atomic E-state index is -2.27. The molecule has 12 rings (SSSR count). The minimum Gasteiger partial charge on any atom is -0.479 e. The summed E-state index contributed by atoms with van der Waals surface area (Å²) in [6.45, 7) is 31.4. The van der Waals surface area contributed by atoms with E-state index in [1.54, 1.807) is 69.3 Å². The van der Waals surface area contributed by atoms with Crippen LogP contribution in [0.25, 0.3) is 0 Å². The van der Waals surface area contributed by atoms with Gasteiger partial charge < -0.3 is 122 Å². The van der Waals surface area contributed by atoms with Crippen molar-refractivity contribution in [2.24, 2.45) is 0 Å². The van der Waals surface area contributed by atoms with E-state index in [4.69, 9.17) is 222 Å². The van der Waals surface area contributed by atoms with Gasteiger partial charge in [-0.3, -0.25) is 24.0 Å². The van der Waals surface area contributed by atoms with Crippen molar-refractivity contribution in [1.82, 2.24) is 21.3 Å². The Bertz CT molecular complexity index is 5090. The number of alkyl halides is 4. The average molecular weight is 2320 g/mol. The summed E-state index contributed by atoms with van der Waals surface area (Å²) in [5.74, 6) is 4.44. The molecule has 6 aromatic carbocycles. The number of carboxylic acids is 2. The molecule has 6 heterocycles. The highest BCUT2D eigenvalue weighted by Crippen LogP contribution is 2.44. The smallest absolute Gasteiger partial charge is 0.335 e. The molecule has 0 aliphatic carbocycles. The molecule has 1 unspecified atom stereocenters. The van der Waals surface area contributed by atoms with Gasteiger partial charge in [-0.1, -0.05) is 99.3 Å². The summed E-state index contributed by atoms with van der Waals surface area (Å²) in [6.07, 6.45) is 3.18. The van der Waals surface area contributed by atoms with E-state index in [0.717, 1.165) is 73.1 Å². The lowest BCUT2D eigenvalue weighted by molar-refractivity contribution is -0.165. The van der Waals surface area contributed by atoms with Gasteiger partial charge in [-0.25, -0.2) is 14.4 Å². The number of aliphatic carboxylic acids is 2. The zero-order chi connectivity index (χ0) is 107. The molecule has 6 aliphatic heterocycles. The molecule has 836 valence electrons. The third-order valence-electron chi connectivity index (χ3n) is 19.3. The summed E-state index contributed by atoms with van der Waals surface area (Å²) in [5, 5.41) is 57.7. The number of esters is 5. The molecule has 0 radical (unpaired) electrons. The molecule has 6 aliphatic rings. The fourth-order valence-electron chi connectivity index (χ4n) is 13.3. The van der Waals surface area contributed by atoms with Gasteiger partial charge in [0.15, 0.2) is 81.2 Å². The third-order valence-corrected chi connectivity index (χ3v) is 22.5. The molecule has 0 aromatic heterocycles. The van der Waals surface area contributed by atoms with Crippen molar-refractivity contribution < 1.29 is 139 Å². The predicted octanol–water partition coefficient (Wildman–Crippen LogP) is 21.4. The Morgan fingerprint density at radius 3 is 0.839 bits per heavy atom. The number of fused-ring (bicyclic) bond motifs is 6. The van der Waals surface area contributed by atoms with Crippen LogP contribution in [-0.4, -0.2) is 217 Å². The third kappa shape index (κ3) is 52.4. The molecule has 0 amide bonds. The Morgan fingerprint density at radius 2 is 0.584 bits per heavy atom. The van der Waals surface area contributed by atoms with Gasteiger partial charge in [0.1, 0.15) is 40.2 Å². The van der Waals surface area contributed by atoms with E-state index in [9.17, 15) is 38.4 Å². The highest BCUT2D eigenvalue weighted by molar-refractivity contribution is 7.59. The first-order chi connectivity index (χ1) is 67.6. The molecule has 45 heteroatoms. The van der Waals surface area contributed by atoms with Gasteiger partial charge in [0, 0.05) is 139 Å². The Labute approximate surface area is 931 Å². The van der Waals surface area contributed by atoms with Gasteiger partial charge in [-0.05, 0) is 238 Å². The van der Waals surface area contributed by atoms with Crippen molar-refractivity contribution in [2.75, 3.05) is 90.5 Å². The van der Waals surface area contributed by atoms with E-state index in [2.05, 4.69) is 21.3 Å². The van der Waals surface area contributed by atoms with E-state index in [-0.39, 0.29) is 164 Å². The van der Waals surface area contributed by atoms with Crippen molar-refractivity contribution in [1.29, 1.82) is 5.26 Å². The second kappa shape index (κ2) is 67.5. The number of hydrogen-bond donors (Lipinski definition) is 8. The number of carbonyl (C=O) groups excluding carboxylic acids is 6. The van der Waals surface area contributed by atoms with E-state index < -0.39 is 64.1 Å². The maximum Gasteiger partial charge on any atom is 0.335 e. The Balaban J connectivity index is 0.000000878. The van der Waals surface area contributed by atoms with Crippen LogP contribution in [0.1, 0.15) is 218 Å². The van der Waals surface area contributed by atoms with Crippen LogP contribution >= 0.6 is 130 Å². The molecule has 8 N–H and O–H groups in total. The number of nitriles is 1. The lowest BCUT2D eigenvalue weighted by Gasteiger charge is -2.23. The molecular weight excluding hydrogens is 2170 g/mol. The Morgan fingerprint density at radius 1 is 0.356 bits per heavy atom. The number of Topliss-reactive ketones (excluding diaryl/α,β-unsaturated/α-hetero) is 1. The van der Waals surface area contributed by atoms with Gasteiger partial charge in [-0.15, -0.1) is 46.4 Å². The second-order valence-electron chi connectivity index (χ2n) is 37.6. The van der Waals surface area contributed by atoms with E-state index in [0.29, 0.717) is 166 Å². The first-order valence-electron chi connectivity index (χ1n) is 45.8. The van der Waals surface area contributed by atoms with Crippen LogP contribution in [0.5, 0.6) is 69.0 Å². The maximum atomic E-state index is 12.2. The van der Waals surface area contributed by atoms with Crippen molar-refractivity contribution in [3.05, 3.63) is 148 Å². The molecule has 0 bridgehead atoms. The van der Waals surface area contributed by atoms with Crippen LogP contribution in [0.2, 0.25) is 30.1 Å². The summed E-state index contributed by atoms with van der Waals surface area (Å²) in [7, 11) is 0. The topological polar surface area (TPSA) is 446 Å². The van der Waals surface area contributed by atoms with Crippen LogP contribution in [0.4, 0.5) is 0 Å². The first-order valence-corrected chi connectivity index (χ1v) is 50.2. The second-order valence-corrected chi connectivity index (χ2v) is 41.5. The number of nitrogens with one attached hydrogen (secondary N) is 4. The molecular formula is C104H145Cl10N5O29S. The van der Waals surface area contributed by atoms with E-state index >= 15 is 0 Å². The zero-order valence-corrected chi connectivity index (χ0v) is 92.0. The van der Waals surface area contributed by atoms with Crippen LogP contribution in [0, 0.1) is 11.3 Å². The van der Waals surface area contributed by atoms with Crippen LogP contribution in [0.3, 0.4) is 0 Å². The van der Waals surface area contributed by atoms with Crippen LogP contribution < -0.4 is 78.1 Å².